The first-order valence-electron chi connectivity index (χ1n) is 7.19. The Morgan fingerprint density at radius 1 is 1.33 bits per heavy atom. The van der Waals surface area contributed by atoms with Gasteiger partial charge < -0.3 is 9.88 Å². The lowest BCUT2D eigenvalue weighted by atomic mass is 10.2. The van der Waals surface area contributed by atoms with Crippen molar-refractivity contribution in [1.82, 2.24) is 24.6 Å². The van der Waals surface area contributed by atoms with Gasteiger partial charge in [0.25, 0.3) is 0 Å². The molecule has 0 unspecified atom stereocenters. The fourth-order valence-electron chi connectivity index (χ4n) is 2.36. The highest BCUT2D eigenvalue weighted by atomic mass is 16.2. The standard InChI is InChI=1S/C15H23N5O/c1-10-11(2)18-20(12(10)3)9-7-17-15(21)13(4)19-8-6-16-14(19)5/h6,8,13H,7,9H2,1-5H3,(H,17,21)/t13-/m1/s1. The van der Waals surface area contributed by atoms with E-state index in [0.29, 0.717) is 13.1 Å². The molecular weight excluding hydrogens is 266 g/mol. The molecule has 1 N–H and O–H groups in total. The molecule has 1 amide bonds. The van der Waals surface area contributed by atoms with Crippen LogP contribution in [-0.4, -0.2) is 31.8 Å². The molecule has 1 atom stereocenters. The highest BCUT2D eigenvalue weighted by Gasteiger charge is 2.15. The summed E-state index contributed by atoms with van der Waals surface area (Å²) in [4.78, 5) is 16.3. The lowest BCUT2D eigenvalue weighted by Crippen LogP contribution is -2.33. The first-order chi connectivity index (χ1) is 9.91. The third-order valence-corrected chi connectivity index (χ3v) is 4.03. The molecule has 0 aromatic carbocycles. The summed E-state index contributed by atoms with van der Waals surface area (Å²) >= 11 is 0. The Balaban J connectivity index is 1.90. The topological polar surface area (TPSA) is 64.7 Å². The molecule has 0 spiro atoms. The van der Waals surface area contributed by atoms with Crippen molar-refractivity contribution in [2.24, 2.45) is 0 Å². The van der Waals surface area contributed by atoms with E-state index < -0.39 is 0 Å². The number of amides is 1. The summed E-state index contributed by atoms with van der Waals surface area (Å²) in [6, 6.07) is -0.255. The predicted octanol–water partition coefficient (Wildman–Crippen LogP) is 1.69. The van der Waals surface area contributed by atoms with Crippen LogP contribution in [0.2, 0.25) is 0 Å². The van der Waals surface area contributed by atoms with Crippen LogP contribution in [0.25, 0.3) is 0 Å². The number of hydrogen-bond donors (Lipinski definition) is 1. The predicted molar refractivity (Wildman–Crippen MR) is 81.1 cm³/mol. The Labute approximate surface area is 125 Å². The maximum absolute atomic E-state index is 12.2. The van der Waals surface area contributed by atoms with E-state index in [1.165, 1.54) is 5.56 Å². The number of imidazole rings is 1. The number of carbonyl (C=O) groups is 1. The molecule has 2 heterocycles. The summed E-state index contributed by atoms with van der Waals surface area (Å²) in [6.45, 7) is 11.1. The average Bonchev–Trinajstić information content (AvgIpc) is 2.98. The Morgan fingerprint density at radius 3 is 2.57 bits per heavy atom. The summed E-state index contributed by atoms with van der Waals surface area (Å²) in [5.41, 5.74) is 3.41. The van der Waals surface area contributed by atoms with Gasteiger partial charge in [-0.1, -0.05) is 0 Å². The summed E-state index contributed by atoms with van der Waals surface area (Å²) in [5, 5.41) is 7.42. The number of rotatable bonds is 5. The van der Waals surface area contributed by atoms with Crippen LogP contribution >= 0.6 is 0 Å². The fraction of sp³-hybridized carbons (Fsp3) is 0.533. The second kappa shape index (κ2) is 6.11. The zero-order valence-electron chi connectivity index (χ0n) is 13.3. The first-order valence-corrected chi connectivity index (χ1v) is 7.19. The summed E-state index contributed by atoms with van der Waals surface area (Å²) in [5.74, 6) is 0.834. The molecule has 0 aliphatic heterocycles. The SMILES string of the molecule is Cc1nn(CCNC(=O)[C@@H](C)n2ccnc2C)c(C)c1C. The number of aromatic nitrogens is 4. The molecule has 0 saturated heterocycles. The van der Waals surface area contributed by atoms with Gasteiger partial charge in [0.2, 0.25) is 5.91 Å². The van der Waals surface area contributed by atoms with Crippen molar-refractivity contribution in [1.29, 1.82) is 0 Å². The van der Waals surface area contributed by atoms with Crippen molar-refractivity contribution in [2.45, 2.75) is 47.2 Å². The summed E-state index contributed by atoms with van der Waals surface area (Å²) < 4.78 is 3.81. The minimum Gasteiger partial charge on any atom is -0.352 e. The van der Waals surface area contributed by atoms with E-state index in [1.54, 1.807) is 6.20 Å². The molecule has 0 saturated carbocycles. The summed E-state index contributed by atoms with van der Waals surface area (Å²) in [7, 11) is 0. The van der Waals surface area contributed by atoms with Crippen LogP contribution in [0.15, 0.2) is 12.4 Å². The Bertz CT molecular complexity index is 641. The zero-order valence-corrected chi connectivity index (χ0v) is 13.3. The van der Waals surface area contributed by atoms with Gasteiger partial charge in [-0.05, 0) is 40.2 Å². The molecule has 21 heavy (non-hydrogen) atoms. The maximum Gasteiger partial charge on any atom is 0.242 e. The highest BCUT2D eigenvalue weighted by Crippen LogP contribution is 2.11. The molecule has 2 aromatic heterocycles. The minimum atomic E-state index is -0.255. The van der Waals surface area contributed by atoms with E-state index in [2.05, 4.69) is 29.2 Å². The second-order valence-electron chi connectivity index (χ2n) is 5.37. The molecule has 2 aromatic rings. The number of nitrogens with zero attached hydrogens (tertiary/aromatic N) is 4. The van der Waals surface area contributed by atoms with E-state index in [9.17, 15) is 4.79 Å². The van der Waals surface area contributed by atoms with Gasteiger partial charge in [-0.2, -0.15) is 5.10 Å². The van der Waals surface area contributed by atoms with Crippen molar-refractivity contribution in [3.8, 4) is 0 Å². The van der Waals surface area contributed by atoms with Gasteiger partial charge in [0.15, 0.2) is 0 Å². The van der Waals surface area contributed by atoms with Gasteiger partial charge in [-0.3, -0.25) is 9.48 Å². The maximum atomic E-state index is 12.2. The van der Waals surface area contributed by atoms with Crippen molar-refractivity contribution in [3.63, 3.8) is 0 Å². The van der Waals surface area contributed by atoms with E-state index in [1.807, 2.05) is 36.2 Å². The fourth-order valence-corrected chi connectivity index (χ4v) is 2.36. The monoisotopic (exact) mass is 289 g/mol. The quantitative estimate of drug-likeness (QED) is 0.911. The zero-order chi connectivity index (χ0) is 15.6. The molecule has 0 radical (unpaired) electrons. The van der Waals surface area contributed by atoms with Crippen LogP contribution in [0.1, 0.15) is 35.7 Å². The van der Waals surface area contributed by atoms with Crippen LogP contribution < -0.4 is 5.32 Å². The third kappa shape index (κ3) is 3.15. The van der Waals surface area contributed by atoms with Crippen LogP contribution in [0, 0.1) is 27.7 Å². The first kappa shape index (κ1) is 15.3. The van der Waals surface area contributed by atoms with Crippen LogP contribution in [0.4, 0.5) is 0 Å². The Kier molecular flexibility index (Phi) is 4.45. The van der Waals surface area contributed by atoms with Crippen LogP contribution in [0.3, 0.4) is 0 Å². The molecule has 6 heteroatoms. The second-order valence-corrected chi connectivity index (χ2v) is 5.37. The number of hydrogen-bond acceptors (Lipinski definition) is 3. The highest BCUT2D eigenvalue weighted by molar-refractivity contribution is 5.79. The van der Waals surface area contributed by atoms with E-state index >= 15 is 0 Å². The van der Waals surface area contributed by atoms with E-state index in [4.69, 9.17) is 0 Å². The van der Waals surface area contributed by atoms with Crippen LogP contribution in [0.5, 0.6) is 0 Å². The molecule has 0 bridgehead atoms. The molecular formula is C15H23N5O. The molecule has 0 fully saturated rings. The van der Waals surface area contributed by atoms with Crippen molar-refractivity contribution >= 4 is 5.91 Å². The van der Waals surface area contributed by atoms with Crippen LogP contribution in [-0.2, 0) is 11.3 Å². The lowest BCUT2D eigenvalue weighted by Gasteiger charge is -2.15. The van der Waals surface area contributed by atoms with Gasteiger partial charge in [0, 0.05) is 24.6 Å². The minimum absolute atomic E-state index is 0.00523. The Morgan fingerprint density at radius 2 is 2.05 bits per heavy atom. The number of nitrogens with one attached hydrogen (secondary N) is 1. The molecule has 0 aliphatic carbocycles. The number of carbonyl (C=O) groups excluding carboxylic acids is 1. The lowest BCUT2D eigenvalue weighted by molar-refractivity contribution is -0.123. The third-order valence-electron chi connectivity index (χ3n) is 4.03. The van der Waals surface area contributed by atoms with Gasteiger partial charge >= 0.3 is 0 Å². The van der Waals surface area contributed by atoms with Crippen molar-refractivity contribution in [3.05, 3.63) is 35.2 Å². The molecule has 0 aliphatic rings. The summed E-state index contributed by atoms with van der Waals surface area (Å²) in [6.07, 6.45) is 3.53. The average molecular weight is 289 g/mol. The van der Waals surface area contributed by atoms with Crippen molar-refractivity contribution < 1.29 is 4.79 Å². The Hall–Kier alpha value is -2.11. The number of aryl methyl sites for hydroxylation is 2. The molecule has 6 nitrogen and oxygen atoms in total. The van der Waals surface area contributed by atoms with Gasteiger partial charge in [-0.25, -0.2) is 4.98 Å². The van der Waals surface area contributed by atoms with Gasteiger partial charge in [-0.15, -0.1) is 0 Å². The smallest absolute Gasteiger partial charge is 0.242 e. The van der Waals surface area contributed by atoms with E-state index in [-0.39, 0.29) is 11.9 Å². The van der Waals surface area contributed by atoms with Gasteiger partial charge in [0.1, 0.15) is 11.9 Å². The van der Waals surface area contributed by atoms with Crippen molar-refractivity contribution in [2.75, 3.05) is 6.54 Å². The van der Waals surface area contributed by atoms with E-state index in [0.717, 1.165) is 17.2 Å². The normalized spacial score (nSPS) is 12.4. The molecule has 2 rings (SSSR count). The molecule has 114 valence electrons. The largest absolute Gasteiger partial charge is 0.352 e. The van der Waals surface area contributed by atoms with Gasteiger partial charge in [0.05, 0.1) is 12.2 Å².